The first kappa shape index (κ1) is 14.1. The van der Waals surface area contributed by atoms with E-state index in [1.54, 1.807) is 6.07 Å². The Morgan fingerprint density at radius 3 is 3.04 bits per heavy atom. The molecule has 1 amide bonds. The van der Waals surface area contributed by atoms with Crippen LogP contribution in [0.25, 0.3) is 11.0 Å². The van der Waals surface area contributed by atoms with Gasteiger partial charge in [-0.15, -0.1) is 0 Å². The lowest BCUT2D eigenvalue weighted by atomic mass is 9.99. The van der Waals surface area contributed by atoms with Crippen molar-refractivity contribution in [3.8, 4) is 0 Å². The van der Waals surface area contributed by atoms with Crippen molar-refractivity contribution in [1.29, 1.82) is 0 Å². The molecular formula is C18H18N2O3. The molecule has 0 spiro atoms. The van der Waals surface area contributed by atoms with Gasteiger partial charge in [0.15, 0.2) is 5.76 Å². The van der Waals surface area contributed by atoms with E-state index in [0.29, 0.717) is 17.8 Å². The fourth-order valence-corrected chi connectivity index (χ4v) is 3.36. The SMILES string of the molecule is O=C(C=C1NCC2CCCCN2C1=O)c1cc2ccccc2o1. The van der Waals surface area contributed by atoms with E-state index in [-0.39, 0.29) is 23.5 Å². The topological polar surface area (TPSA) is 62.6 Å². The fraction of sp³-hybridized carbons (Fsp3) is 0.333. The van der Waals surface area contributed by atoms with Crippen LogP contribution in [0, 0.1) is 0 Å². The second-order valence-corrected chi connectivity index (χ2v) is 6.10. The number of hydrogen-bond acceptors (Lipinski definition) is 4. The molecule has 5 nitrogen and oxygen atoms in total. The molecule has 2 aliphatic rings. The first-order valence-electron chi connectivity index (χ1n) is 8.02. The minimum atomic E-state index is -0.285. The number of para-hydroxylation sites is 1. The molecule has 23 heavy (non-hydrogen) atoms. The largest absolute Gasteiger partial charge is 0.453 e. The Balaban J connectivity index is 1.59. The molecule has 4 rings (SSSR count). The van der Waals surface area contributed by atoms with E-state index < -0.39 is 0 Å². The predicted octanol–water partition coefficient (Wildman–Crippen LogP) is 2.48. The lowest BCUT2D eigenvalue weighted by molar-refractivity contribution is -0.132. The number of piperidine rings is 1. The highest BCUT2D eigenvalue weighted by molar-refractivity contribution is 6.09. The zero-order valence-corrected chi connectivity index (χ0v) is 12.7. The van der Waals surface area contributed by atoms with E-state index >= 15 is 0 Å². The van der Waals surface area contributed by atoms with Gasteiger partial charge < -0.3 is 14.6 Å². The van der Waals surface area contributed by atoms with Gasteiger partial charge in [0.1, 0.15) is 11.3 Å². The van der Waals surface area contributed by atoms with E-state index in [9.17, 15) is 9.59 Å². The normalized spacial score (nSPS) is 23.0. The first-order chi connectivity index (χ1) is 11.2. The van der Waals surface area contributed by atoms with E-state index in [0.717, 1.165) is 31.2 Å². The van der Waals surface area contributed by atoms with Gasteiger partial charge in [-0.1, -0.05) is 18.2 Å². The summed E-state index contributed by atoms with van der Waals surface area (Å²) in [5, 5.41) is 3.99. The molecule has 3 heterocycles. The quantitative estimate of drug-likeness (QED) is 0.684. The van der Waals surface area contributed by atoms with Crippen LogP contribution >= 0.6 is 0 Å². The van der Waals surface area contributed by atoms with Gasteiger partial charge in [-0.05, 0) is 31.4 Å². The van der Waals surface area contributed by atoms with Crippen LogP contribution in [0.4, 0.5) is 0 Å². The average Bonchev–Trinajstić information content (AvgIpc) is 3.02. The summed E-state index contributed by atoms with van der Waals surface area (Å²) in [6, 6.07) is 9.45. The van der Waals surface area contributed by atoms with Gasteiger partial charge in [-0.25, -0.2) is 0 Å². The number of benzene rings is 1. The van der Waals surface area contributed by atoms with E-state index in [4.69, 9.17) is 4.42 Å². The Bertz CT molecular complexity index is 772. The molecule has 2 aliphatic heterocycles. The summed E-state index contributed by atoms with van der Waals surface area (Å²) in [5.74, 6) is -0.105. The molecule has 1 unspecified atom stereocenters. The molecule has 1 N–H and O–H groups in total. The standard InChI is InChI=1S/C18H18N2O3/c21-15(17-9-12-5-1-2-7-16(12)23-17)10-14-18(22)20-8-4-3-6-13(20)11-19-14/h1-2,5,7,9-10,13,19H,3-4,6,8,11H2. The Morgan fingerprint density at radius 2 is 2.17 bits per heavy atom. The summed E-state index contributed by atoms with van der Waals surface area (Å²) in [6.07, 6.45) is 4.59. The smallest absolute Gasteiger partial charge is 0.270 e. The second-order valence-electron chi connectivity index (χ2n) is 6.10. The highest BCUT2D eigenvalue weighted by atomic mass is 16.3. The van der Waals surface area contributed by atoms with Crippen molar-refractivity contribution >= 4 is 22.7 Å². The maximum atomic E-state index is 12.5. The third kappa shape index (κ3) is 2.52. The summed E-state index contributed by atoms with van der Waals surface area (Å²) in [6.45, 7) is 1.49. The van der Waals surface area contributed by atoms with Gasteiger partial charge in [-0.3, -0.25) is 9.59 Å². The van der Waals surface area contributed by atoms with Crippen molar-refractivity contribution in [2.24, 2.45) is 0 Å². The number of ketones is 1. The molecule has 0 saturated carbocycles. The molecule has 0 aliphatic carbocycles. The van der Waals surface area contributed by atoms with Gasteiger partial charge in [0.05, 0.1) is 0 Å². The van der Waals surface area contributed by atoms with Crippen molar-refractivity contribution in [2.45, 2.75) is 25.3 Å². The fourth-order valence-electron chi connectivity index (χ4n) is 3.36. The third-order valence-electron chi connectivity index (χ3n) is 4.59. The summed E-state index contributed by atoms with van der Waals surface area (Å²) < 4.78 is 5.57. The van der Waals surface area contributed by atoms with Crippen LogP contribution in [-0.2, 0) is 4.79 Å². The van der Waals surface area contributed by atoms with Crippen molar-refractivity contribution < 1.29 is 14.0 Å². The number of hydrogen-bond donors (Lipinski definition) is 1. The minimum absolute atomic E-state index is 0.0783. The van der Waals surface area contributed by atoms with Gasteiger partial charge in [0, 0.05) is 30.6 Å². The maximum absolute atomic E-state index is 12.5. The highest BCUT2D eigenvalue weighted by Gasteiger charge is 2.33. The lowest BCUT2D eigenvalue weighted by Crippen LogP contribution is -2.55. The Labute approximate surface area is 133 Å². The molecule has 0 bridgehead atoms. The average molecular weight is 310 g/mol. The number of allylic oxidation sites excluding steroid dienone is 1. The molecule has 1 aromatic heterocycles. The van der Waals surface area contributed by atoms with E-state index in [1.165, 1.54) is 6.08 Å². The Hall–Kier alpha value is -2.56. The van der Waals surface area contributed by atoms with Crippen molar-refractivity contribution in [2.75, 3.05) is 13.1 Å². The molecule has 2 fully saturated rings. The number of nitrogens with zero attached hydrogens (tertiary/aromatic N) is 1. The van der Waals surface area contributed by atoms with Crippen LogP contribution < -0.4 is 5.32 Å². The summed E-state index contributed by atoms with van der Waals surface area (Å²) >= 11 is 0. The molecule has 2 saturated heterocycles. The van der Waals surface area contributed by atoms with Crippen LogP contribution in [0.15, 0.2) is 46.5 Å². The molecule has 1 aromatic carbocycles. The number of nitrogens with one attached hydrogen (secondary N) is 1. The van der Waals surface area contributed by atoms with E-state index in [2.05, 4.69) is 5.32 Å². The van der Waals surface area contributed by atoms with Crippen molar-refractivity contribution in [1.82, 2.24) is 10.2 Å². The first-order valence-corrected chi connectivity index (χ1v) is 8.02. The van der Waals surface area contributed by atoms with Crippen LogP contribution in [-0.4, -0.2) is 35.7 Å². The molecule has 118 valence electrons. The number of carbonyl (C=O) groups excluding carboxylic acids is 2. The molecular weight excluding hydrogens is 292 g/mol. The van der Waals surface area contributed by atoms with Crippen LogP contribution in [0.1, 0.15) is 29.8 Å². The van der Waals surface area contributed by atoms with Crippen molar-refractivity contribution in [3.63, 3.8) is 0 Å². The molecule has 2 aromatic rings. The van der Waals surface area contributed by atoms with Crippen LogP contribution in [0.2, 0.25) is 0 Å². The maximum Gasteiger partial charge on any atom is 0.270 e. The third-order valence-corrected chi connectivity index (χ3v) is 4.59. The van der Waals surface area contributed by atoms with Gasteiger partial charge >= 0.3 is 0 Å². The summed E-state index contributed by atoms with van der Waals surface area (Å²) in [7, 11) is 0. The predicted molar refractivity (Wildman–Crippen MR) is 86.0 cm³/mol. The number of amides is 1. The zero-order valence-electron chi connectivity index (χ0n) is 12.7. The Kier molecular flexibility index (Phi) is 3.41. The van der Waals surface area contributed by atoms with Crippen LogP contribution in [0.5, 0.6) is 0 Å². The van der Waals surface area contributed by atoms with Gasteiger partial charge in [-0.2, -0.15) is 0 Å². The van der Waals surface area contributed by atoms with Gasteiger partial charge in [0.2, 0.25) is 5.78 Å². The van der Waals surface area contributed by atoms with Gasteiger partial charge in [0.25, 0.3) is 5.91 Å². The number of furan rings is 1. The number of rotatable bonds is 2. The number of fused-ring (bicyclic) bond motifs is 2. The van der Waals surface area contributed by atoms with Crippen LogP contribution in [0.3, 0.4) is 0 Å². The van der Waals surface area contributed by atoms with E-state index in [1.807, 2.05) is 29.2 Å². The second kappa shape index (κ2) is 5.57. The summed E-state index contributed by atoms with van der Waals surface area (Å²) in [4.78, 5) is 26.8. The Morgan fingerprint density at radius 1 is 1.30 bits per heavy atom. The number of piperazine rings is 1. The molecule has 0 radical (unpaired) electrons. The van der Waals surface area contributed by atoms with Crippen molar-refractivity contribution in [3.05, 3.63) is 47.9 Å². The molecule has 5 heteroatoms. The zero-order chi connectivity index (χ0) is 15.8. The molecule has 1 atom stereocenters. The minimum Gasteiger partial charge on any atom is -0.453 e. The monoisotopic (exact) mass is 310 g/mol. The number of carbonyl (C=O) groups is 2. The highest BCUT2D eigenvalue weighted by Crippen LogP contribution is 2.23. The summed E-state index contributed by atoms with van der Waals surface area (Å²) in [5.41, 5.74) is 1.04. The lowest BCUT2D eigenvalue weighted by Gasteiger charge is -2.40.